The Morgan fingerprint density at radius 2 is 2.04 bits per heavy atom. The molecule has 2 fully saturated rings. The number of carbonyl (C=O) groups is 1. The fourth-order valence-electron chi connectivity index (χ4n) is 4.25. The van der Waals surface area contributed by atoms with Crippen molar-refractivity contribution in [2.24, 2.45) is 0 Å². The van der Waals surface area contributed by atoms with Crippen LogP contribution in [0.4, 0.5) is 0 Å². The lowest BCUT2D eigenvalue weighted by Crippen LogP contribution is -2.59. The maximum atomic E-state index is 13.2. The van der Waals surface area contributed by atoms with Crippen molar-refractivity contribution in [3.05, 3.63) is 23.0 Å². The standard InChI is InChI=1S/C19H25N3O5/c1-11-8-13(15-12(2)21-27-16(15)20-11)17(24)22-6-4-19(5-7-22)10-18(3,25)14(23)9-26-19/h8,14,23,25H,4-7,9-10H2,1-3H3/t14-,18-/m0/s1. The van der Waals surface area contributed by atoms with Crippen molar-refractivity contribution >= 4 is 17.0 Å². The van der Waals surface area contributed by atoms with E-state index in [2.05, 4.69) is 10.1 Å². The lowest BCUT2D eigenvalue weighted by Gasteiger charge is -2.49. The van der Waals surface area contributed by atoms with E-state index in [-0.39, 0.29) is 12.5 Å². The predicted molar refractivity (Wildman–Crippen MR) is 96.3 cm³/mol. The number of amides is 1. The summed E-state index contributed by atoms with van der Waals surface area (Å²) in [6.45, 7) is 6.43. The zero-order chi connectivity index (χ0) is 19.4. The van der Waals surface area contributed by atoms with Gasteiger partial charge in [0.25, 0.3) is 11.6 Å². The van der Waals surface area contributed by atoms with Gasteiger partial charge >= 0.3 is 0 Å². The van der Waals surface area contributed by atoms with Crippen LogP contribution < -0.4 is 0 Å². The number of aromatic nitrogens is 2. The molecule has 8 heteroatoms. The zero-order valence-electron chi connectivity index (χ0n) is 15.9. The van der Waals surface area contributed by atoms with E-state index in [1.165, 1.54) is 0 Å². The third-order valence-corrected chi connectivity index (χ3v) is 5.88. The van der Waals surface area contributed by atoms with Gasteiger partial charge in [0.05, 0.1) is 34.5 Å². The van der Waals surface area contributed by atoms with Crippen molar-refractivity contribution in [3.8, 4) is 0 Å². The second-order valence-electron chi connectivity index (χ2n) is 8.10. The molecule has 27 heavy (non-hydrogen) atoms. The lowest BCUT2D eigenvalue weighted by molar-refractivity contribution is -0.221. The normalized spacial score (nSPS) is 28.0. The van der Waals surface area contributed by atoms with E-state index in [0.717, 1.165) is 0 Å². The number of piperidine rings is 1. The van der Waals surface area contributed by atoms with E-state index in [1.807, 2.05) is 6.92 Å². The van der Waals surface area contributed by atoms with Crippen LogP contribution in [0.5, 0.6) is 0 Å². The maximum absolute atomic E-state index is 13.2. The summed E-state index contributed by atoms with van der Waals surface area (Å²) in [5, 5.41) is 24.9. The second kappa shape index (κ2) is 6.25. The lowest BCUT2D eigenvalue weighted by atomic mass is 9.76. The summed E-state index contributed by atoms with van der Waals surface area (Å²) in [6, 6.07) is 1.78. The Kier molecular flexibility index (Phi) is 4.25. The highest BCUT2D eigenvalue weighted by Gasteiger charge is 2.49. The molecule has 1 spiro atoms. The number of aliphatic hydroxyl groups excluding tert-OH is 1. The van der Waals surface area contributed by atoms with Crippen molar-refractivity contribution in [2.45, 2.75) is 57.3 Å². The highest BCUT2D eigenvalue weighted by atomic mass is 16.5. The molecule has 0 aliphatic carbocycles. The third-order valence-electron chi connectivity index (χ3n) is 5.88. The van der Waals surface area contributed by atoms with Crippen molar-refractivity contribution in [1.82, 2.24) is 15.0 Å². The molecule has 2 N–H and O–H groups in total. The average Bonchev–Trinajstić information content (AvgIpc) is 2.98. The van der Waals surface area contributed by atoms with Gasteiger partial charge in [-0.1, -0.05) is 5.16 Å². The molecular weight excluding hydrogens is 350 g/mol. The largest absolute Gasteiger partial charge is 0.388 e. The number of hydrogen-bond acceptors (Lipinski definition) is 7. The molecule has 2 aromatic heterocycles. The number of rotatable bonds is 1. The monoisotopic (exact) mass is 375 g/mol. The first-order valence-corrected chi connectivity index (χ1v) is 9.28. The molecule has 2 saturated heterocycles. The molecule has 2 aliphatic rings. The van der Waals surface area contributed by atoms with Crippen molar-refractivity contribution in [1.29, 1.82) is 0 Å². The Morgan fingerprint density at radius 1 is 1.33 bits per heavy atom. The summed E-state index contributed by atoms with van der Waals surface area (Å²) in [4.78, 5) is 19.3. The van der Waals surface area contributed by atoms with Crippen LogP contribution in [-0.2, 0) is 4.74 Å². The number of carbonyl (C=O) groups excluding carboxylic acids is 1. The summed E-state index contributed by atoms with van der Waals surface area (Å²) in [5.41, 5.74) is 0.629. The topological polar surface area (TPSA) is 109 Å². The second-order valence-corrected chi connectivity index (χ2v) is 8.10. The third kappa shape index (κ3) is 3.11. The fraction of sp³-hybridized carbons (Fsp3) is 0.632. The van der Waals surface area contributed by atoms with Crippen LogP contribution in [0.25, 0.3) is 11.1 Å². The number of nitrogens with zero attached hydrogens (tertiary/aromatic N) is 3. The smallest absolute Gasteiger partial charge is 0.258 e. The van der Waals surface area contributed by atoms with E-state index in [1.54, 1.807) is 24.8 Å². The molecule has 146 valence electrons. The summed E-state index contributed by atoms with van der Waals surface area (Å²) in [5.74, 6) is -0.0748. The van der Waals surface area contributed by atoms with Crippen LogP contribution in [0, 0.1) is 13.8 Å². The number of aryl methyl sites for hydroxylation is 2. The molecule has 0 unspecified atom stereocenters. The minimum Gasteiger partial charge on any atom is -0.388 e. The highest BCUT2D eigenvalue weighted by Crippen LogP contribution is 2.40. The van der Waals surface area contributed by atoms with Gasteiger partial charge in [0.1, 0.15) is 6.10 Å². The van der Waals surface area contributed by atoms with Crippen LogP contribution in [-0.4, -0.2) is 68.2 Å². The Labute approximate surface area is 157 Å². The van der Waals surface area contributed by atoms with E-state index >= 15 is 0 Å². The minimum absolute atomic E-state index is 0.0748. The molecule has 4 heterocycles. The van der Waals surface area contributed by atoms with E-state index in [4.69, 9.17) is 9.26 Å². The molecule has 4 rings (SSSR count). The Balaban J connectivity index is 1.54. The molecule has 0 aromatic carbocycles. The van der Waals surface area contributed by atoms with Gasteiger partial charge in [0.2, 0.25) is 0 Å². The maximum Gasteiger partial charge on any atom is 0.258 e. The van der Waals surface area contributed by atoms with E-state index in [0.29, 0.717) is 60.4 Å². The van der Waals surface area contributed by atoms with Crippen LogP contribution in [0.3, 0.4) is 0 Å². The first-order valence-electron chi connectivity index (χ1n) is 9.28. The molecule has 0 saturated carbocycles. The van der Waals surface area contributed by atoms with Crippen LogP contribution in [0.15, 0.2) is 10.6 Å². The summed E-state index contributed by atoms with van der Waals surface area (Å²) >= 11 is 0. The van der Waals surface area contributed by atoms with Crippen LogP contribution >= 0.6 is 0 Å². The average molecular weight is 375 g/mol. The van der Waals surface area contributed by atoms with Gasteiger partial charge < -0.3 is 24.4 Å². The van der Waals surface area contributed by atoms with Crippen LogP contribution in [0.2, 0.25) is 0 Å². The van der Waals surface area contributed by atoms with Gasteiger partial charge in [0.15, 0.2) is 0 Å². The molecule has 8 nitrogen and oxygen atoms in total. The SMILES string of the molecule is Cc1cc(C(=O)N2CCC3(CC2)C[C@](C)(O)[C@@H](O)CO3)c2c(C)noc2n1. The number of ether oxygens (including phenoxy) is 1. The first kappa shape index (κ1) is 18.3. The van der Waals surface area contributed by atoms with Gasteiger partial charge in [-0.2, -0.15) is 0 Å². The molecule has 2 aromatic rings. The highest BCUT2D eigenvalue weighted by molar-refractivity contribution is 6.06. The van der Waals surface area contributed by atoms with Gasteiger partial charge in [0, 0.05) is 25.2 Å². The van der Waals surface area contributed by atoms with Crippen molar-refractivity contribution in [3.63, 3.8) is 0 Å². The van der Waals surface area contributed by atoms with Gasteiger partial charge in [-0.3, -0.25) is 4.79 Å². The number of hydrogen-bond donors (Lipinski definition) is 2. The summed E-state index contributed by atoms with van der Waals surface area (Å²) in [6.07, 6.45) is 0.731. The number of aliphatic hydroxyl groups is 2. The molecule has 1 amide bonds. The minimum atomic E-state index is -1.17. The number of likely N-dealkylation sites (tertiary alicyclic amines) is 1. The molecule has 2 aliphatic heterocycles. The van der Waals surface area contributed by atoms with Crippen molar-refractivity contribution < 1.29 is 24.3 Å². The van der Waals surface area contributed by atoms with Gasteiger partial charge in [-0.25, -0.2) is 4.98 Å². The molecule has 2 atom stereocenters. The van der Waals surface area contributed by atoms with Crippen molar-refractivity contribution in [2.75, 3.05) is 19.7 Å². The quantitative estimate of drug-likeness (QED) is 0.774. The van der Waals surface area contributed by atoms with E-state index < -0.39 is 17.3 Å². The Morgan fingerprint density at radius 3 is 2.70 bits per heavy atom. The molecule has 0 bridgehead atoms. The number of pyridine rings is 1. The van der Waals surface area contributed by atoms with Gasteiger partial charge in [-0.15, -0.1) is 0 Å². The van der Waals surface area contributed by atoms with Gasteiger partial charge in [-0.05, 0) is 39.7 Å². The van der Waals surface area contributed by atoms with E-state index in [9.17, 15) is 15.0 Å². The Bertz CT molecular complexity index is 883. The summed E-state index contributed by atoms with van der Waals surface area (Å²) in [7, 11) is 0. The molecular formula is C19H25N3O5. The fourth-order valence-corrected chi connectivity index (χ4v) is 4.25. The molecule has 0 radical (unpaired) electrons. The summed E-state index contributed by atoms with van der Waals surface area (Å²) < 4.78 is 11.1. The van der Waals surface area contributed by atoms with Crippen LogP contribution in [0.1, 0.15) is 47.9 Å². The number of fused-ring (bicyclic) bond motifs is 1. The first-order chi connectivity index (χ1) is 12.7. The Hall–Kier alpha value is -2.03. The zero-order valence-corrected chi connectivity index (χ0v) is 15.9. The predicted octanol–water partition coefficient (Wildman–Crippen LogP) is 1.35.